The molecule has 0 aliphatic carbocycles. The highest BCUT2D eigenvalue weighted by Gasteiger charge is 2.19. The third kappa shape index (κ3) is 3.81. The first-order chi connectivity index (χ1) is 24.8. The summed E-state index contributed by atoms with van der Waals surface area (Å²) in [4.78, 5) is 10.8. The Balaban J connectivity index is 1.26. The van der Waals surface area contributed by atoms with Gasteiger partial charge in [-0.05, 0) is 62.6 Å². The van der Waals surface area contributed by atoms with Crippen LogP contribution in [0, 0.1) is 0 Å². The number of nitrogens with zero attached hydrogens (tertiary/aromatic N) is 4. The van der Waals surface area contributed by atoms with Crippen LogP contribution in [-0.4, -0.2) is 19.1 Å². The molecule has 11 rings (SSSR count). The van der Waals surface area contributed by atoms with Crippen molar-refractivity contribution in [2.75, 3.05) is 0 Å². The topological polar surface area (TPSA) is 35.6 Å². The molecule has 3 heterocycles. The average molecular weight is 637 g/mol. The normalized spacial score (nSPS) is 12.0. The largest absolute Gasteiger partial charge is 0.294 e. The maximum Gasteiger partial charge on any atom is 0.163 e. The molecule has 0 atom stereocenters. The van der Waals surface area contributed by atoms with Gasteiger partial charge in [0.25, 0.3) is 0 Å². The Hall–Kier alpha value is -6.78. The van der Waals surface area contributed by atoms with Crippen LogP contribution in [-0.2, 0) is 0 Å². The van der Waals surface area contributed by atoms with Gasteiger partial charge in [0.15, 0.2) is 5.82 Å². The van der Waals surface area contributed by atoms with Gasteiger partial charge in [0, 0.05) is 33.2 Å². The first kappa shape index (κ1) is 27.2. The Morgan fingerprint density at radius 2 is 0.600 bits per heavy atom. The van der Waals surface area contributed by atoms with E-state index in [0.29, 0.717) is 5.82 Å². The molecule has 0 radical (unpaired) electrons. The number of hydrogen-bond donors (Lipinski definition) is 0. The number of para-hydroxylation sites is 4. The molecule has 0 N–H and O–H groups in total. The van der Waals surface area contributed by atoms with E-state index in [1.54, 1.807) is 0 Å². The summed E-state index contributed by atoms with van der Waals surface area (Å²) < 4.78 is 4.58. The molecular weight excluding hydrogens is 609 g/mol. The van der Waals surface area contributed by atoms with Crippen LogP contribution >= 0.6 is 0 Å². The van der Waals surface area contributed by atoms with Gasteiger partial charge in [0.1, 0.15) is 11.6 Å². The summed E-state index contributed by atoms with van der Waals surface area (Å²) in [6.45, 7) is 0. The van der Waals surface area contributed by atoms with E-state index in [0.717, 1.165) is 39.3 Å². The second-order valence-electron chi connectivity index (χ2n) is 13.0. The minimum absolute atomic E-state index is 0.681. The van der Waals surface area contributed by atoms with Gasteiger partial charge in [0.2, 0.25) is 0 Å². The smallest absolute Gasteiger partial charge is 0.163 e. The number of rotatable bonds is 3. The predicted molar refractivity (Wildman–Crippen MR) is 209 cm³/mol. The summed E-state index contributed by atoms with van der Waals surface area (Å²) in [6.07, 6.45) is 0. The summed E-state index contributed by atoms with van der Waals surface area (Å²) in [5.41, 5.74) is 5.43. The van der Waals surface area contributed by atoms with E-state index in [9.17, 15) is 0 Å². The summed E-state index contributed by atoms with van der Waals surface area (Å²) in [7, 11) is 0. The second kappa shape index (κ2) is 10.4. The number of aromatic nitrogens is 4. The van der Waals surface area contributed by atoms with Gasteiger partial charge < -0.3 is 0 Å². The molecule has 0 unspecified atom stereocenters. The lowest BCUT2D eigenvalue weighted by Crippen LogP contribution is -2.06. The van der Waals surface area contributed by atoms with Crippen molar-refractivity contribution in [1.29, 1.82) is 0 Å². The van der Waals surface area contributed by atoms with Crippen LogP contribution < -0.4 is 0 Å². The third-order valence-electron chi connectivity index (χ3n) is 10.3. The van der Waals surface area contributed by atoms with E-state index in [4.69, 9.17) is 9.97 Å². The van der Waals surface area contributed by atoms with Crippen LogP contribution in [0.5, 0.6) is 0 Å². The third-order valence-corrected chi connectivity index (χ3v) is 10.3. The Kier molecular flexibility index (Phi) is 5.63. The van der Waals surface area contributed by atoms with Crippen LogP contribution in [0.15, 0.2) is 170 Å². The molecule has 3 aromatic heterocycles. The molecule has 4 nitrogen and oxygen atoms in total. The van der Waals surface area contributed by atoms with Crippen molar-refractivity contribution in [2.24, 2.45) is 0 Å². The van der Waals surface area contributed by atoms with E-state index < -0.39 is 0 Å². The number of benzene rings is 8. The molecule has 0 aliphatic heterocycles. The molecule has 50 heavy (non-hydrogen) atoms. The van der Waals surface area contributed by atoms with Gasteiger partial charge >= 0.3 is 0 Å². The van der Waals surface area contributed by atoms with Crippen molar-refractivity contribution < 1.29 is 0 Å². The molecule has 0 spiro atoms. The first-order valence-corrected chi connectivity index (χ1v) is 17.0. The molecule has 0 saturated carbocycles. The van der Waals surface area contributed by atoms with Crippen molar-refractivity contribution in [3.63, 3.8) is 0 Å². The Bertz CT molecular complexity index is 2890. The minimum atomic E-state index is 0.681. The van der Waals surface area contributed by atoms with Crippen molar-refractivity contribution in [2.45, 2.75) is 0 Å². The maximum absolute atomic E-state index is 5.40. The molecule has 8 aromatic carbocycles. The summed E-state index contributed by atoms with van der Waals surface area (Å²) in [5.74, 6) is 2.33. The zero-order chi connectivity index (χ0) is 32.8. The minimum Gasteiger partial charge on any atom is -0.294 e. The lowest BCUT2D eigenvalue weighted by Gasteiger charge is -2.15. The zero-order valence-electron chi connectivity index (χ0n) is 27.0. The van der Waals surface area contributed by atoms with Crippen LogP contribution in [0.3, 0.4) is 0 Å². The van der Waals surface area contributed by atoms with Gasteiger partial charge in [-0.15, -0.1) is 0 Å². The van der Waals surface area contributed by atoms with E-state index in [1.807, 2.05) is 0 Å². The van der Waals surface area contributed by atoms with Crippen LogP contribution in [0.25, 0.3) is 99.0 Å². The van der Waals surface area contributed by atoms with E-state index in [-0.39, 0.29) is 0 Å². The Morgan fingerprint density at radius 1 is 0.280 bits per heavy atom. The van der Waals surface area contributed by atoms with Gasteiger partial charge in [-0.3, -0.25) is 9.13 Å². The van der Waals surface area contributed by atoms with Crippen LogP contribution in [0.1, 0.15) is 0 Å². The summed E-state index contributed by atoms with van der Waals surface area (Å²) >= 11 is 0. The highest BCUT2D eigenvalue weighted by molar-refractivity contribution is 6.25. The number of hydrogen-bond acceptors (Lipinski definition) is 2. The Morgan fingerprint density at radius 3 is 1.00 bits per heavy atom. The SMILES string of the molecule is c1ccc2c(c1)c1ccccc1c1cc(-c3nc(-n4c5ccccc5c5ccccc54)cc(-n4c5ccccc5c5ccccc54)n3)ccc21. The summed E-state index contributed by atoms with van der Waals surface area (Å²) in [5, 5.41) is 12.2. The molecule has 0 aliphatic rings. The fourth-order valence-corrected chi connectivity index (χ4v) is 8.17. The fourth-order valence-electron chi connectivity index (χ4n) is 8.17. The average Bonchev–Trinajstić information content (AvgIpc) is 3.71. The lowest BCUT2D eigenvalue weighted by molar-refractivity contribution is 0.994. The quantitative estimate of drug-likeness (QED) is 0.181. The standard InChI is InChI=1S/C46H28N4/c1-2-15-32-30(13-1)31-14-3-4-16-33(31)39-27-29(25-26-34(32)39)46-47-44(49-40-21-9-5-17-35(40)36-18-6-10-22-41(36)49)28-45(48-46)50-42-23-11-7-19-37(42)38-20-8-12-24-43(38)50/h1-28H. The van der Waals surface area contributed by atoms with Crippen LogP contribution in [0.4, 0.5) is 0 Å². The van der Waals surface area contributed by atoms with Crippen molar-refractivity contribution >= 4 is 75.9 Å². The zero-order valence-corrected chi connectivity index (χ0v) is 27.0. The monoisotopic (exact) mass is 636 g/mol. The predicted octanol–water partition coefficient (Wildman–Crippen LogP) is 11.8. The highest BCUT2D eigenvalue weighted by atomic mass is 15.1. The van der Waals surface area contributed by atoms with Crippen molar-refractivity contribution in [3.8, 4) is 23.0 Å². The molecule has 11 aromatic rings. The molecule has 0 bridgehead atoms. The maximum atomic E-state index is 5.40. The van der Waals surface area contributed by atoms with E-state index in [1.165, 1.54) is 53.9 Å². The van der Waals surface area contributed by atoms with Crippen LogP contribution in [0.2, 0.25) is 0 Å². The highest BCUT2D eigenvalue weighted by Crippen LogP contribution is 2.39. The summed E-state index contributed by atoms with van der Waals surface area (Å²) in [6, 6.07) is 60.6. The first-order valence-electron chi connectivity index (χ1n) is 17.0. The van der Waals surface area contributed by atoms with Crippen molar-refractivity contribution in [3.05, 3.63) is 170 Å². The molecule has 0 amide bonds. The van der Waals surface area contributed by atoms with E-state index in [2.05, 4.69) is 179 Å². The van der Waals surface area contributed by atoms with Gasteiger partial charge in [-0.1, -0.05) is 133 Å². The van der Waals surface area contributed by atoms with E-state index >= 15 is 0 Å². The Labute approximate surface area is 287 Å². The number of fused-ring (bicyclic) bond motifs is 12. The fraction of sp³-hybridized carbons (Fsp3) is 0. The molecule has 232 valence electrons. The molecular formula is C46H28N4. The van der Waals surface area contributed by atoms with Gasteiger partial charge in [0.05, 0.1) is 22.1 Å². The van der Waals surface area contributed by atoms with Crippen molar-refractivity contribution in [1.82, 2.24) is 19.1 Å². The molecule has 4 heteroatoms. The van der Waals surface area contributed by atoms with Gasteiger partial charge in [-0.2, -0.15) is 0 Å². The van der Waals surface area contributed by atoms with Gasteiger partial charge in [-0.25, -0.2) is 9.97 Å². The molecule has 0 saturated heterocycles. The molecule has 0 fully saturated rings. The lowest BCUT2D eigenvalue weighted by atomic mass is 9.93. The second-order valence-corrected chi connectivity index (χ2v) is 13.0.